The number of hydrogen-bond donors (Lipinski definition) is 1. The van der Waals surface area contributed by atoms with Crippen molar-refractivity contribution in [2.24, 2.45) is 0 Å². The summed E-state index contributed by atoms with van der Waals surface area (Å²) in [6.07, 6.45) is 0. The Morgan fingerprint density at radius 1 is 1.43 bits per heavy atom. The van der Waals surface area contributed by atoms with Gasteiger partial charge in [0.1, 0.15) is 5.75 Å². The quantitative estimate of drug-likeness (QED) is 0.530. The molecule has 2 rings (SSSR count). The second-order valence-electron chi connectivity index (χ2n) is 4.99. The minimum absolute atomic E-state index is 0.0739. The van der Waals surface area contributed by atoms with Gasteiger partial charge in [0.25, 0.3) is 5.91 Å². The van der Waals surface area contributed by atoms with Crippen LogP contribution in [0.2, 0.25) is 0 Å². The molecule has 124 valence electrons. The van der Waals surface area contributed by atoms with Crippen molar-refractivity contribution >= 4 is 50.1 Å². The largest absolute Gasteiger partial charge is 0.483 e. The Morgan fingerprint density at radius 2 is 2.22 bits per heavy atom. The van der Waals surface area contributed by atoms with Crippen LogP contribution in [0.15, 0.2) is 27.0 Å². The van der Waals surface area contributed by atoms with E-state index < -0.39 is 0 Å². The number of hydrogen-bond acceptors (Lipinski definition) is 6. The van der Waals surface area contributed by atoms with Crippen molar-refractivity contribution in [3.63, 3.8) is 0 Å². The third kappa shape index (κ3) is 5.47. The molecule has 1 amide bonds. The lowest BCUT2D eigenvalue weighted by Gasteiger charge is -2.11. The van der Waals surface area contributed by atoms with Crippen LogP contribution in [0.3, 0.4) is 0 Å². The monoisotopic (exact) mass is 415 g/mol. The maximum atomic E-state index is 11.9. The topological polar surface area (TPSA) is 64.1 Å². The van der Waals surface area contributed by atoms with E-state index in [9.17, 15) is 4.79 Å². The highest BCUT2D eigenvalue weighted by atomic mass is 79.9. The first kappa shape index (κ1) is 18.2. The molecule has 0 fully saturated rings. The van der Waals surface area contributed by atoms with Crippen LogP contribution < -0.4 is 10.1 Å². The molecular formula is C15H18BrN3O2S2. The van der Waals surface area contributed by atoms with Gasteiger partial charge in [-0.15, -0.1) is 10.2 Å². The molecule has 0 unspecified atom stereocenters. The molecule has 1 aromatic carbocycles. The van der Waals surface area contributed by atoms with Gasteiger partial charge < -0.3 is 4.74 Å². The summed E-state index contributed by atoms with van der Waals surface area (Å²) in [4.78, 5) is 11.9. The Morgan fingerprint density at radius 3 is 2.87 bits per heavy atom. The van der Waals surface area contributed by atoms with E-state index in [1.165, 1.54) is 16.9 Å². The van der Waals surface area contributed by atoms with E-state index in [2.05, 4.69) is 45.3 Å². The molecule has 1 N–H and O–H groups in total. The molecule has 0 saturated heterocycles. The predicted molar refractivity (Wildman–Crippen MR) is 98.7 cm³/mol. The molecule has 0 atom stereocenters. The molecule has 23 heavy (non-hydrogen) atoms. The number of carbonyl (C=O) groups is 1. The van der Waals surface area contributed by atoms with E-state index >= 15 is 0 Å². The lowest BCUT2D eigenvalue weighted by atomic mass is 10.0. The molecule has 0 aliphatic carbocycles. The Kier molecular flexibility index (Phi) is 6.86. The second-order valence-corrected chi connectivity index (χ2v) is 8.33. The summed E-state index contributed by atoms with van der Waals surface area (Å²) in [6.45, 7) is 6.22. The van der Waals surface area contributed by atoms with Gasteiger partial charge in [0.05, 0.1) is 4.47 Å². The first-order valence-electron chi connectivity index (χ1n) is 7.18. The molecule has 0 aliphatic heterocycles. The summed E-state index contributed by atoms with van der Waals surface area (Å²) in [5, 5.41) is 11.1. The fourth-order valence-electron chi connectivity index (χ4n) is 1.73. The van der Waals surface area contributed by atoms with Crippen LogP contribution in [0.5, 0.6) is 5.75 Å². The molecule has 1 aromatic heterocycles. The number of halogens is 1. The first-order chi connectivity index (χ1) is 11.0. The third-order valence-electron chi connectivity index (χ3n) is 2.90. The van der Waals surface area contributed by atoms with Crippen molar-refractivity contribution in [2.45, 2.75) is 31.0 Å². The SMILES string of the molecule is CCSc1nnc(NC(=O)COc2ccc(C(C)C)cc2Br)s1. The highest BCUT2D eigenvalue weighted by Crippen LogP contribution is 2.29. The Hall–Kier alpha value is -1.12. The zero-order valence-electron chi connectivity index (χ0n) is 13.1. The number of thioether (sulfide) groups is 1. The number of aromatic nitrogens is 2. The van der Waals surface area contributed by atoms with Gasteiger partial charge in [0.2, 0.25) is 5.13 Å². The molecule has 0 spiro atoms. The zero-order chi connectivity index (χ0) is 16.8. The number of rotatable bonds is 7. The number of anilines is 1. The van der Waals surface area contributed by atoms with Gasteiger partial charge in [0, 0.05) is 0 Å². The summed E-state index contributed by atoms with van der Waals surface area (Å²) in [5.41, 5.74) is 1.21. The number of amides is 1. The highest BCUT2D eigenvalue weighted by molar-refractivity contribution is 9.10. The molecule has 8 heteroatoms. The number of benzene rings is 1. The van der Waals surface area contributed by atoms with E-state index in [0.717, 1.165) is 14.6 Å². The van der Waals surface area contributed by atoms with Crippen molar-refractivity contribution in [1.82, 2.24) is 10.2 Å². The molecule has 0 aliphatic rings. The maximum absolute atomic E-state index is 11.9. The average molecular weight is 416 g/mol. The van der Waals surface area contributed by atoms with Crippen molar-refractivity contribution in [1.29, 1.82) is 0 Å². The Balaban J connectivity index is 1.88. The van der Waals surface area contributed by atoms with Crippen LogP contribution in [0, 0.1) is 0 Å². The average Bonchev–Trinajstić information content (AvgIpc) is 2.93. The minimum atomic E-state index is -0.256. The van der Waals surface area contributed by atoms with Crippen LogP contribution >= 0.6 is 39.0 Å². The second kappa shape index (κ2) is 8.65. The lowest BCUT2D eigenvalue weighted by Crippen LogP contribution is -2.20. The van der Waals surface area contributed by atoms with Gasteiger partial charge in [-0.2, -0.15) is 0 Å². The number of ether oxygens (including phenoxy) is 1. The Bertz CT molecular complexity index is 676. The number of nitrogens with one attached hydrogen (secondary N) is 1. The van der Waals surface area contributed by atoms with E-state index in [1.807, 2.05) is 25.1 Å². The smallest absolute Gasteiger partial charge is 0.264 e. The van der Waals surface area contributed by atoms with Crippen LogP contribution in [0.4, 0.5) is 5.13 Å². The van der Waals surface area contributed by atoms with Gasteiger partial charge in [-0.05, 0) is 45.3 Å². The molecule has 2 aromatic rings. The van der Waals surface area contributed by atoms with E-state index in [0.29, 0.717) is 16.8 Å². The van der Waals surface area contributed by atoms with Crippen molar-refractivity contribution in [2.75, 3.05) is 17.7 Å². The fraction of sp³-hybridized carbons (Fsp3) is 0.400. The normalized spacial score (nSPS) is 10.8. The molecule has 0 bridgehead atoms. The first-order valence-corrected chi connectivity index (χ1v) is 9.77. The molecular weight excluding hydrogens is 398 g/mol. The number of nitrogens with zero attached hydrogens (tertiary/aromatic N) is 2. The standard InChI is InChI=1S/C15H18BrN3O2S2/c1-4-22-15-19-18-14(23-15)17-13(20)8-21-12-6-5-10(9(2)3)7-11(12)16/h5-7,9H,4,8H2,1-3H3,(H,17,18,20). The lowest BCUT2D eigenvalue weighted by molar-refractivity contribution is -0.118. The molecule has 0 radical (unpaired) electrons. The number of carbonyl (C=O) groups excluding carboxylic acids is 1. The van der Waals surface area contributed by atoms with Crippen LogP contribution in [0.1, 0.15) is 32.3 Å². The van der Waals surface area contributed by atoms with Crippen LogP contribution in [-0.2, 0) is 4.79 Å². The summed E-state index contributed by atoms with van der Waals surface area (Å²) in [6, 6.07) is 5.88. The van der Waals surface area contributed by atoms with Crippen LogP contribution in [-0.4, -0.2) is 28.5 Å². The van der Waals surface area contributed by atoms with Gasteiger partial charge in [-0.3, -0.25) is 10.1 Å². The van der Waals surface area contributed by atoms with E-state index in [1.54, 1.807) is 11.8 Å². The highest BCUT2D eigenvalue weighted by Gasteiger charge is 2.11. The van der Waals surface area contributed by atoms with E-state index in [-0.39, 0.29) is 12.5 Å². The molecule has 0 saturated carbocycles. The molecule has 1 heterocycles. The van der Waals surface area contributed by atoms with Crippen LogP contribution in [0.25, 0.3) is 0 Å². The summed E-state index contributed by atoms with van der Waals surface area (Å²) < 4.78 is 7.24. The fourth-order valence-corrected chi connectivity index (χ4v) is 3.91. The van der Waals surface area contributed by atoms with Gasteiger partial charge in [-0.1, -0.05) is 49.9 Å². The van der Waals surface area contributed by atoms with Crippen molar-refractivity contribution < 1.29 is 9.53 Å². The maximum Gasteiger partial charge on any atom is 0.264 e. The van der Waals surface area contributed by atoms with Crippen molar-refractivity contribution in [3.05, 3.63) is 28.2 Å². The predicted octanol–water partition coefficient (Wildman–Crippen LogP) is 4.55. The van der Waals surface area contributed by atoms with Gasteiger partial charge in [-0.25, -0.2) is 0 Å². The third-order valence-corrected chi connectivity index (χ3v) is 5.38. The summed E-state index contributed by atoms with van der Waals surface area (Å²) in [7, 11) is 0. The summed E-state index contributed by atoms with van der Waals surface area (Å²) >= 11 is 6.43. The molecule has 5 nitrogen and oxygen atoms in total. The zero-order valence-corrected chi connectivity index (χ0v) is 16.3. The Labute approximate surface area is 152 Å². The van der Waals surface area contributed by atoms with Gasteiger partial charge in [0.15, 0.2) is 10.9 Å². The summed E-state index contributed by atoms with van der Waals surface area (Å²) in [5.74, 6) is 1.75. The van der Waals surface area contributed by atoms with Crippen molar-refractivity contribution in [3.8, 4) is 5.75 Å². The van der Waals surface area contributed by atoms with E-state index in [4.69, 9.17) is 4.74 Å². The van der Waals surface area contributed by atoms with Gasteiger partial charge >= 0.3 is 0 Å². The minimum Gasteiger partial charge on any atom is -0.483 e.